The highest BCUT2D eigenvalue weighted by Gasteiger charge is 2.13. The lowest BCUT2D eigenvalue weighted by molar-refractivity contribution is -0.121. The summed E-state index contributed by atoms with van der Waals surface area (Å²) < 4.78 is 0. The molecule has 1 aromatic carbocycles. The molecule has 0 aliphatic heterocycles. The van der Waals surface area contributed by atoms with Gasteiger partial charge in [0.15, 0.2) is 0 Å². The van der Waals surface area contributed by atoms with Crippen LogP contribution in [0.15, 0.2) is 29.1 Å². The van der Waals surface area contributed by atoms with Crippen LogP contribution in [0.2, 0.25) is 0 Å². The number of nitrogens with one attached hydrogen (secondary N) is 2. The van der Waals surface area contributed by atoms with E-state index in [0.717, 1.165) is 11.1 Å². The number of primary amides is 1. The van der Waals surface area contributed by atoms with Crippen molar-refractivity contribution in [3.05, 3.63) is 68.1 Å². The predicted octanol–water partition coefficient (Wildman–Crippen LogP) is 1.21. The number of hydrogen-bond donors (Lipinski definition) is 3. The zero-order valence-electron chi connectivity index (χ0n) is 14.7. The molecule has 2 amide bonds. The van der Waals surface area contributed by atoms with E-state index < -0.39 is 11.5 Å². The minimum absolute atomic E-state index is 0.0780. The number of benzene rings is 1. The van der Waals surface area contributed by atoms with Gasteiger partial charge in [0, 0.05) is 24.2 Å². The number of hydrogen-bond acceptors (Lipinski definition) is 4. The van der Waals surface area contributed by atoms with E-state index >= 15 is 0 Å². The van der Waals surface area contributed by atoms with Crippen LogP contribution in [-0.4, -0.2) is 16.8 Å². The average Bonchev–Trinajstić information content (AvgIpc) is 2.60. The molecule has 26 heavy (non-hydrogen) atoms. The smallest absolute Gasteiger partial charge is 0.266 e. The van der Waals surface area contributed by atoms with E-state index in [1.807, 2.05) is 6.07 Å². The normalized spacial score (nSPS) is 10.2. The number of aromatic amines is 1. The molecule has 0 saturated carbocycles. The molecule has 2 aromatic rings. The van der Waals surface area contributed by atoms with E-state index in [4.69, 9.17) is 11.0 Å². The summed E-state index contributed by atoms with van der Waals surface area (Å²) in [5.74, 6) is -0.687. The summed E-state index contributed by atoms with van der Waals surface area (Å²) in [4.78, 5) is 37.7. The Labute approximate surface area is 150 Å². The van der Waals surface area contributed by atoms with E-state index in [9.17, 15) is 14.4 Å². The van der Waals surface area contributed by atoms with Gasteiger partial charge in [-0.2, -0.15) is 5.26 Å². The van der Waals surface area contributed by atoms with Crippen LogP contribution in [0.25, 0.3) is 0 Å². The highest BCUT2D eigenvalue weighted by atomic mass is 16.2. The van der Waals surface area contributed by atoms with Crippen molar-refractivity contribution in [2.24, 2.45) is 5.73 Å². The lowest BCUT2D eigenvalue weighted by atomic mass is 9.99. The molecule has 0 bridgehead atoms. The number of nitrogens with zero attached hydrogens (tertiary/aromatic N) is 1. The first-order valence-corrected chi connectivity index (χ1v) is 8.11. The van der Waals surface area contributed by atoms with Crippen LogP contribution in [0, 0.1) is 25.2 Å². The molecule has 0 aliphatic rings. The minimum atomic E-state index is -0.518. The number of carbonyl (C=O) groups is 2. The van der Waals surface area contributed by atoms with E-state index in [-0.39, 0.29) is 24.4 Å². The summed E-state index contributed by atoms with van der Waals surface area (Å²) in [7, 11) is 0. The van der Waals surface area contributed by atoms with E-state index in [1.165, 1.54) is 0 Å². The number of amides is 2. The fraction of sp³-hybridized carbons (Fsp3) is 0.263. The largest absolute Gasteiger partial charge is 0.366 e. The summed E-state index contributed by atoms with van der Waals surface area (Å²) in [5, 5.41) is 11.9. The van der Waals surface area contributed by atoms with Gasteiger partial charge in [-0.15, -0.1) is 0 Å². The van der Waals surface area contributed by atoms with Gasteiger partial charge in [-0.1, -0.05) is 12.1 Å². The molecular formula is C19H20N4O3. The summed E-state index contributed by atoms with van der Waals surface area (Å²) >= 11 is 0. The van der Waals surface area contributed by atoms with Gasteiger partial charge >= 0.3 is 0 Å². The van der Waals surface area contributed by atoms with Gasteiger partial charge in [-0.05, 0) is 49.1 Å². The number of carbonyl (C=O) groups excluding carboxylic acids is 2. The molecular weight excluding hydrogens is 332 g/mol. The third-order valence-corrected chi connectivity index (χ3v) is 4.22. The van der Waals surface area contributed by atoms with Crippen LogP contribution >= 0.6 is 0 Å². The second-order valence-corrected chi connectivity index (χ2v) is 6.01. The first kappa shape index (κ1) is 18.9. The van der Waals surface area contributed by atoms with Gasteiger partial charge < -0.3 is 16.0 Å². The Bertz CT molecular complexity index is 954. The number of nitrogens with two attached hydrogens (primary N) is 1. The van der Waals surface area contributed by atoms with E-state index in [1.54, 1.807) is 38.1 Å². The Balaban J connectivity index is 2.00. The van der Waals surface area contributed by atoms with Gasteiger partial charge in [-0.25, -0.2) is 0 Å². The predicted molar refractivity (Wildman–Crippen MR) is 96.4 cm³/mol. The van der Waals surface area contributed by atoms with Crippen molar-refractivity contribution < 1.29 is 9.59 Å². The van der Waals surface area contributed by atoms with Crippen LogP contribution in [0.5, 0.6) is 0 Å². The second-order valence-electron chi connectivity index (χ2n) is 6.01. The van der Waals surface area contributed by atoms with Crippen molar-refractivity contribution in [2.75, 3.05) is 0 Å². The molecule has 0 spiro atoms. The third kappa shape index (κ3) is 4.36. The molecule has 0 unspecified atom stereocenters. The van der Waals surface area contributed by atoms with Gasteiger partial charge in [0.05, 0.1) is 0 Å². The Morgan fingerprint density at radius 2 is 2.04 bits per heavy atom. The Hall–Kier alpha value is -3.40. The minimum Gasteiger partial charge on any atom is -0.366 e. The Morgan fingerprint density at radius 3 is 2.69 bits per heavy atom. The van der Waals surface area contributed by atoms with Gasteiger partial charge in [0.2, 0.25) is 11.8 Å². The Morgan fingerprint density at radius 1 is 1.31 bits per heavy atom. The molecule has 7 heteroatoms. The van der Waals surface area contributed by atoms with Crippen molar-refractivity contribution in [3.63, 3.8) is 0 Å². The van der Waals surface area contributed by atoms with Crippen LogP contribution < -0.4 is 16.6 Å². The number of pyridine rings is 1. The molecule has 134 valence electrons. The molecule has 1 heterocycles. The average molecular weight is 352 g/mol. The lowest BCUT2D eigenvalue weighted by Crippen LogP contribution is -2.24. The highest BCUT2D eigenvalue weighted by Crippen LogP contribution is 2.15. The summed E-state index contributed by atoms with van der Waals surface area (Å²) in [6, 6.07) is 8.65. The number of aromatic nitrogens is 1. The van der Waals surface area contributed by atoms with Crippen molar-refractivity contribution in [1.29, 1.82) is 5.26 Å². The molecule has 0 fully saturated rings. The molecule has 0 atom stereocenters. The fourth-order valence-corrected chi connectivity index (χ4v) is 2.78. The quantitative estimate of drug-likeness (QED) is 0.721. The first-order chi connectivity index (χ1) is 12.3. The molecule has 2 rings (SSSR count). The van der Waals surface area contributed by atoms with Crippen LogP contribution in [0.4, 0.5) is 0 Å². The number of H-pyrrole nitrogens is 1. The zero-order valence-corrected chi connectivity index (χ0v) is 14.7. The molecule has 0 saturated heterocycles. The zero-order chi connectivity index (χ0) is 19.3. The van der Waals surface area contributed by atoms with Crippen LogP contribution in [-0.2, 0) is 17.8 Å². The number of nitriles is 1. The highest BCUT2D eigenvalue weighted by molar-refractivity contribution is 5.92. The van der Waals surface area contributed by atoms with Crippen molar-refractivity contribution >= 4 is 11.8 Å². The Kier molecular flexibility index (Phi) is 5.91. The fourth-order valence-electron chi connectivity index (χ4n) is 2.78. The topological polar surface area (TPSA) is 129 Å². The van der Waals surface area contributed by atoms with E-state index in [0.29, 0.717) is 23.2 Å². The third-order valence-electron chi connectivity index (χ3n) is 4.22. The molecule has 0 aliphatic carbocycles. The number of rotatable bonds is 6. The van der Waals surface area contributed by atoms with E-state index in [2.05, 4.69) is 10.3 Å². The summed E-state index contributed by atoms with van der Waals surface area (Å²) in [5.41, 5.74) is 8.14. The first-order valence-electron chi connectivity index (χ1n) is 8.11. The van der Waals surface area contributed by atoms with Gasteiger partial charge in [0.25, 0.3) is 5.56 Å². The second kappa shape index (κ2) is 8.12. The van der Waals surface area contributed by atoms with Crippen molar-refractivity contribution in [2.45, 2.75) is 33.2 Å². The SMILES string of the molecule is Cc1[nH]c(=O)c(C#N)c(C)c1CCC(=O)NCc1cccc(C(N)=O)c1. The van der Waals surface area contributed by atoms with Crippen LogP contribution in [0.3, 0.4) is 0 Å². The lowest BCUT2D eigenvalue weighted by Gasteiger charge is -2.11. The van der Waals surface area contributed by atoms with Gasteiger partial charge in [0.1, 0.15) is 11.6 Å². The molecule has 7 nitrogen and oxygen atoms in total. The summed E-state index contributed by atoms with van der Waals surface area (Å²) in [6.07, 6.45) is 0.629. The van der Waals surface area contributed by atoms with Crippen LogP contribution in [0.1, 0.15) is 44.7 Å². The van der Waals surface area contributed by atoms with Crippen molar-refractivity contribution in [3.8, 4) is 6.07 Å². The molecule has 1 aromatic heterocycles. The van der Waals surface area contributed by atoms with Gasteiger partial charge in [-0.3, -0.25) is 14.4 Å². The number of aryl methyl sites for hydroxylation is 1. The maximum absolute atomic E-state index is 12.1. The maximum atomic E-state index is 12.1. The monoisotopic (exact) mass is 352 g/mol. The maximum Gasteiger partial charge on any atom is 0.266 e. The standard InChI is InChI=1S/C19H20N4O3/c1-11-15(12(2)23-19(26)16(11)9-20)6-7-17(24)22-10-13-4-3-5-14(8-13)18(21)25/h3-5,8H,6-7,10H2,1-2H3,(H2,21,25)(H,22,24)(H,23,26). The molecule has 4 N–H and O–H groups in total. The summed E-state index contributed by atoms with van der Waals surface area (Å²) in [6.45, 7) is 3.74. The molecule has 0 radical (unpaired) electrons. The van der Waals surface area contributed by atoms with Crippen molar-refractivity contribution in [1.82, 2.24) is 10.3 Å².